The molecule has 7 heteroatoms. The molecule has 6 nitrogen and oxygen atoms in total. The van der Waals surface area contributed by atoms with Crippen molar-refractivity contribution in [2.45, 2.75) is 53.0 Å². The molecule has 0 spiro atoms. The van der Waals surface area contributed by atoms with E-state index in [0.29, 0.717) is 19.1 Å². The number of hydrogen-bond donors (Lipinski definition) is 3. The monoisotopic (exact) mass is 440 g/mol. The first kappa shape index (κ1) is 22.3. The van der Waals surface area contributed by atoms with E-state index in [2.05, 4.69) is 41.7 Å². The van der Waals surface area contributed by atoms with Crippen LogP contribution >= 0.6 is 24.0 Å². The summed E-state index contributed by atoms with van der Waals surface area (Å²) in [6.45, 7) is 10.9. The van der Waals surface area contributed by atoms with Crippen molar-refractivity contribution < 1.29 is 9.53 Å². The van der Waals surface area contributed by atoms with Crippen LogP contribution in [0.5, 0.6) is 0 Å². The second kappa shape index (κ2) is 12.7. The average Bonchev–Trinajstić information content (AvgIpc) is 3.25. The minimum absolute atomic E-state index is 0. The molecule has 0 bridgehead atoms. The molecule has 0 heterocycles. The number of carbonyl (C=O) groups is 1. The highest BCUT2D eigenvalue weighted by Gasteiger charge is 2.21. The van der Waals surface area contributed by atoms with Gasteiger partial charge in [-0.3, -0.25) is 4.99 Å². The number of nitrogens with zero attached hydrogens (tertiary/aromatic N) is 1. The standard InChI is InChI=1S/C16H32N4O2.HI/c1-5-17-15(18-10-13-7-8-13)19-11-14(9-12(3)4)20-16(21)22-6-2;/h12-14H,5-11H2,1-4H3,(H,20,21)(H2,17,18,19);1H. The molecule has 1 rings (SSSR count). The van der Waals surface area contributed by atoms with Crippen molar-refractivity contribution >= 4 is 36.0 Å². The van der Waals surface area contributed by atoms with Crippen LogP contribution in [0, 0.1) is 11.8 Å². The fraction of sp³-hybridized carbons (Fsp3) is 0.875. The van der Waals surface area contributed by atoms with Crippen molar-refractivity contribution in [1.82, 2.24) is 16.0 Å². The van der Waals surface area contributed by atoms with Crippen molar-refractivity contribution in [2.24, 2.45) is 16.8 Å². The first-order valence-electron chi connectivity index (χ1n) is 8.50. The second-order valence-corrected chi connectivity index (χ2v) is 6.24. The number of alkyl carbamates (subject to hydrolysis) is 1. The Labute approximate surface area is 157 Å². The lowest BCUT2D eigenvalue weighted by Gasteiger charge is -2.19. The molecule has 3 N–H and O–H groups in total. The fourth-order valence-corrected chi connectivity index (χ4v) is 2.19. The van der Waals surface area contributed by atoms with Gasteiger partial charge in [0.2, 0.25) is 0 Å². The highest BCUT2D eigenvalue weighted by Crippen LogP contribution is 2.27. The van der Waals surface area contributed by atoms with Crippen molar-refractivity contribution in [3.63, 3.8) is 0 Å². The van der Waals surface area contributed by atoms with Gasteiger partial charge in [0.25, 0.3) is 0 Å². The molecule has 1 saturated carbocycles. The quantitative estimate of drug-likeness (QED) is 0.293. The normalized spacial score (nSPS) is 15.6. The van der Waals surface area contributed by atoms with E-state index in [4.69, 9.17) is 4.74 Å². The molecule has 0 aromatic carbocycles. The van der Waals surface area contributed by atoms with Gasteiger partial charge in [-0.2, -0.15) is 0 Å². The Hall–Kier alpha value is -0.730. The SMILES string of the molecule is CCNC(=NCC(CC(C)C)NC(=O)OCC)NCC1CC1.I. The van der Waals surface area contributed by atoms with Crippen LogP contribution in [0.15, 0.2) is 4.99 Å². The first-order chi connectivity index (χ1) is 10.5. The molecule has 1 aliphatic carbocycles. The number of rotatable bonds is 9. The van der Waals surface area contributed by atoms with Gasteiger partial charge in [-0.15, -0.1) is 24.0 Å². The highest BCUT2D eigenvalue weighted by molar-refractivity contribution is 14.0. The minimum atomic E-state index is -0.362. The van der Waals surface area contributed by atoms with E-state index < -0.39 is 0 Å². The van der Waals surface area contributed by atoms with Crippen LogP contribution in [0.25, 0.3) is 0 Å². The number of carbonyl (C=O) groups excluding carboxylic acids is 1. The molecule has 0 aromatic rings. The maximum Gasteiger partial charge on any atom is 0.407 e. The van der Waals surface area contributed by atoms with E-state index in [0.717, 1.165) is 31.4 Å². The van der Waals surface area contributed by atoms with E-state index in [1.54, 1.807) is 6.92 Å². The molecule has 1 atom stereocenters. The molecule has 23 heavy (non-hydrogen) atoms. The molecule has 1 unspecified atom stereocenters. The molecule has 0 aromatic heterocycles. The Morgan fingerprint density at radius 3 is 2.48 bits per heavy atom. The largest absolute Gasteiger partial charge is 0.450 e. The van der Waals surface area contributed by atoms with E-state index in [1.807, 2.05) is 0 Å². The summed E-state index contributed by atoms with van der Waals surface area (Å²) in [6.07, 6.45) is 3.14. The molecule has 0 saturated heterocycles. The van der Waals surface area contributed by atoms with Crippen LogP contribution in [0.2, 0.25) is 0 Å². The number of hydrogen-bond acceptors (Lipinski definition) is 3. The van der Waals surface area contributed by atoms with Gasteiger partial charge in [-0.05, 0) is 44.9 Å². The van der Waals surface area contributed by atoms with Gasteiger partial charge in [0.15, 0.2) is 5.96 Å². The molecule has 136 valence electrons. The highest BCUT2D eigenvalue weighted by atomic mass is 127. The van der Waals surface area contributed by atoms with Gasteiger partial charge in [-0.25, -0.2) is 4.79 Å². The number of guanidine groups is 1. The van der Waals surface area contributed by atoms with Crippen LogP contribution in [-0.2, 0) is 4.74 Å². The molecule has 1 fully saturated rings. The van der Waals surface area contributed by atoms with E-state index in [1.165, 1.54) is 12.8 Å². The van der Waals surface area contributed by atoms with Crippen molar-refractivity contribution in [1.29, 1.82) is 0 Å². The van der Waals surface area contributed by atoms with Crippen molar-refractivity contribution in [3.8, 4) is 0 Å². The third kappa shape index (κ3) is 11.4. The smallest absolute Gasteiger partial charge is 0.407 e. The molecule has 1 aliphatic rings. The number of halogens is 1. The van der Waals surface area contributed by atoms with Gasteiger partial charge in [0.1, 0.15) is 0 Å². The summed E-state index contributed by atoms with van der Waals surface area (Å²) in [5, 5.41) is 9.51. The molecule has 0 radical (unpaired) electrons. The third-order valence-corrected chi connectivity index (χ3v) is 3.42. The summed E-state index contributed by atoms with van der Waals surface area (Å²) in [4.78, 5) is 16.2. The number of nitrogens with one attached hydrogen (secondary N) is 3. The summed E-state index contributed by atoms with van der Waals surface area (Å²) in [5.74, 6) is 2.12. The Bertz CT molecular complexity index is 360. The van der Waals surface area contributed by atoms with Gasteiger partial charge >= 0.3 is 6.09 Å². The third-order valence-electron chi connectivity index (χ3n) is 3.42. The van der Waals surface area contributed by atoms with Crippen LogP contribution in [0.4, 0.5) is 4.79 Å². The Kier molecular flexibility index (Phi) is 12.3. The van der Waals surface area contributed by atoms with E-state index in [-0.39, 0.29) is 36.1 Å². The number of ether oxygens (including phenoxy) is 1. The van der Waals surface area contributed by atoms with Gasteiger partial charge < -0.3 is 20.7 Å². The molecule has 0 aliphatic heterocycles. The Balaban J connectivity index is 0.00000484. The topological polar surface area (TPSA) is 74.8 Å². The molecule has 1 amide bonds. The molecular formula is C16H33IN4O2. The average molecular weight is 440 g/mol. The van der Waals surface area contributed by atoms with Gasteiger partial charge in [0, 0.05) is 13.1 Å². The van der Waals surface area contributed by atoms with Crippen LogP contribution in [0.1, 0.15) is 47.0 Å². The van der Waals surface area contributed by atoms with Crippen LogP contribution in [-0.4, -0.2) is 44.3 Å². The number of amides is 1. The zero-order valence-corrected chi connectivity index (χ0v) is 17.2. The lowest BCUT2D eigenvalue weighted by atomic mass is 10.0. The second-order valence-electron chi connectivity index (χ2n) is 6.24. The predicted molar refractivity (Wildman–Crippen MR) is 106 cm³/mol. The lowest BCUT2D eigenvalue weighted by molar-refractivity contribution is 0.147. The fourth-order valence-electron chi connectivity index (χ4n) is 2.19. The maximum absolute atomic E-state index is 11.6. The van der Waals surface area contributed by atoms with Crippen molar-refractivity contribution in [2.75, 3.05) is 26.2 Å². The van der Waals surface area contributed by atoms with Crippen LogP contribution in [0.3, 0.4) is 0 Å². The van der Waals surface area contributed by atoms with E-state index >= 15 is 0 Å². The lowest BCUT2D eigenvalue weighted by Crippen LogP contribution is -2.42. The summed E-state index contributed by atoms with van der Waals surface area (Å²) >= 11 is 0. The van der Waals surface area contributed by atoms with Crippen LogP contribution < -0.4 is 16.0 Å². The summed E-state index contributed by atoms with van der Waals surface area (Å²) in [5.41, 5.74) is 0. The summed E-state index contributed by atoms with van der Waals surface area (Å²) in [6, 6.07) is -0.00423. The zero-order valence-electron chi connectivity index (χ0n) is 14.9. The van der Waals surface area contributed by atoms with Crippen molar-refractivity contribution in [3.05, 3.63) is 0 Å². The zero-order chi connectivity index (χ0) is 16.4. The maximum atomic E-state index is 11.6. The minimum Gasteiger partial charge on any atom is -0.450 e. The Morgan fingerprint density at radius 2 is 1.96 bits per heavy atom. The number of aliphatic imine (C=N–C) groups is 1. The Morgan fingerprint density at radius 1 is 1.26 bits per heavy atom. The first-order valence-corrected chi connectivity index (χ1v) is 8.50. The van der Waals surface area contributed by atoms with Gasteiger partial charge in [-0.1, -0.05) is 13.8 Å². The summed E-state index contributed by atoms with van der Waals surface area (Å²) in [7, 11) is 0. The van der Waals surface area contributed by atoms with E-state index in [9.17, 15) is 4.79 Å². The van der Waals surface area contributed by atoms with Gasteiger partial charge in [0.05, 0.1) is 19.2 Å². The summed E-state index contributed by atoms with van der Waals surface area (Å²) < 4.78 is 4.97. The molecular weight excluding hydrogens is 407 g/mol. The predicted octanol–water partition coefficient (Wildman–Crippen LogP) is 2.73.